The van der Waals surface area contributed by atoms with Gasteiger partial charge in [0.15, 0.2) is 5.67 Å². The Kier molecular flexibility index (Phi) is 3.40. The second-order valence-corrected chi connectivity index (χ2v) is 4.65. The van der Waals surface area contributed by atoms with Gasteiger partial charge in [0.2, 0.25) is 0 Å². The van der Waals surface area contributed by atoms with E-state index in [4.69, 9.17) is 21.8 Å². The first-order valence-corrected chi connectivity index (χ1v) is 6.05. The zero-order chi connectivity index (χ0) is 12.5. The van der Waals surface area contributed by atoms with Crippen molar-refractivity contribution in [3.63, 3.8) is 0 Å². The smallest absolute Gasteiger partial charge is 0.180 e. The summed E-state index contributed by atoms with van der Waals surface area (Å²) in [6.07, 6.45) is 1.07. The topological polar surface area (TPSA) is 39.2 Å². The molecule has 2 N–H and O–H groups in total. The molecule has 17 heavy (non-hydrogen) atoms. The first-order valence-electron chi connectivity index (χ1n) is 5.67. The van der Waals surface area contributed by atoms with Gasteiger partial charge >= 0.3 is 0 Å². The maximum Gasteiger partial charge on any atom is 0.180 e. The number of nitrogens with two attached hydrogens (primary N) is 1. The van der Waals surface area contributed by atoms with Crippen LogP contribution in [0.5, 0.6) is 0 Å². The van der Waals surface area contributed by atoms with Gasteiger partial charge in [-0.05, 0) is 30.7 Å². The van der Waals surface area contributed by atoms with Gasteiger partial charge in [0, 0.05) is 17.0 Å². The standard InChI is InChI=1S/C13H15ClFNO/c1-2-5-13(15,8-16)12-7-9-6-10(14)3-4-11(9)17-12/h3-4,6-7H,2,5,8,16H2,1H3. The van der Waals surface area contributed by atoms with Gasteiger partial charge in [-0.25, -0.2) is 4.39 Å². The molecule has 1 unspecified atom stereocenters. The maximum absolute atomic E-state index is 14.5. The average molecular weight is 256 g/mol. The predicted octanol–water partition coefficient (Wildman–Crippen LogP) is 4.01. The molecule has 1 heterocycles. The van der Waals surface area contributed by atoms with Gasteiger partial charge in [-0.15, -0.1) is 0 Å². The lowest BCUT2D eigenvalue weighted by atomic mass is 9.97. The molecule has 0 radical (unpaired) electrons. The third-order valence-corrected chi connectivity index (χ3v) is 3.12. The molecule has 0 saturated heterocycles. The molecule has 1 aromatic heterocycles. The summed E-state index contributed by atoms with van der Waals surface area (Å²) < 4.78 is 20.1. The minimum atomic E-state index is -1.58. The van der Waals surface area contributed by atoms with Gasteiger partial charge in [0.25, 0.3) is 0 Å². The predicted molar refractivity (Wildman–Crippen MR) is 68.0 cm³/mol. The Morgan fingerprint density at radius 3 is 2.82 bits per heavy atom. The highest BCUT2D eigenvalue weighted by Crippen LogP contribution is 2.34. The monoisotopic (exact) mass is 255 g/mol. The molecule has 0 fully saturated rings. The van der Waals surface area contributed by atoms with E-state index in [0.717, 1.165) is 5.39 Å². The molecular formula is C13H15ClFNO. The Morgan fingerprint density at radius 2 is 2.18 bits per heavy atom. The van der Waals surface area contributed by atoms with Crippen LogP contribution in [0, 0.1) is 0 Å². The summed E-state index contributed by atoms with van der Waals surface area (Å²) in [6.45, 7) is 1.85. The third kappa shape index (κ3) is 2.31. The van der Waals surface area contributed by atoms with E-state index in [2.05, 4.69) is 0 Å². The Balaban J connectivity index is 2.48. The summed E-state index contributed by atoms with van der Waals surface area (Å²) in [7, 11) is 0. The number of furan rings is 1. The number of benzene rings is 1. The van der Waals surface area contributed by atoms with Gasteiger partial charge in [-0.3, -0.25) is 0 Å². The van der Waals surface area contributed by atoms with E-state index >= 15 is 0 Å². The molecule has 2 aromatic rings. The molecule has 2 nitrogen and oxygen atoms in total. The normalized spacial score (nSPS) is 15.1. The van der Waals surface area contributed by atoms with Crippen molar-refractivity contribution in [1.82, 2.24) is 0 Å². The molecule has 0 aliphatic rings. The van der Waals surface area contributed by atoms with Crippen molar-refractivity contribution >= 4 is 22.6 Å². The minimum absolute atomic E-state index is 0.0750. The third-order valence-electron chi connectivity index (χ3n) is 2.89. The molecule has 0 spiro atoms. The van der Waals surface area contributed by atoms with E-state index in [1.165, 1.54) is 0 Å². The van der Waals surface area contributed by atoms with Crippen molar-refractivity contribution in [3.05, 3.63) is 35.0 Å². The number of hydrogen-bond acceptors (Lipinski definition) is 2. The van der Waals surface area contributed by atoms with Gasteiger partial charge in [-0.1, -0.05) is 24.9 Å². The fourth-order valence-corrected chi connectivity index (χ4v) is 2.14. The molecule has 0 bridgehead atoms. The van der Waals surface area contributed by atoms with Crippen molar-refractivity contribution < 1.29 is 8.81 Å². The van der Waals surface area contributed by atoms with E-state index in [-0.39, 0.29) is 6.54 Å². The number of fused-ring (bicyclic) bond motifs is 1. The number of hydrogen-bond donors (Lipinski definition) is 1. The van der Waals surface area contributed by atoms with E-state index in [9.17, 15) is 4.39 Å². The Morgan fingerprint density at radius 1 is 1.41 bits per heavy atom. The van der Waals surface area contributed by atoms with Crippen LogP contribution in [0.4, 0.5) is 4.39 Å². The average Bonchev–Trinajstić information content (AvgIpc) is 2.72. The lowest BCUT2D eigenvalue weighted by molar-refractivity contribution is 0.128. The molecule has 0 aliphatic heterocycles. The Hall–Kier alpha value is -1.06. The van der Waals surface area contributed by atoms with Crippen molar-refractivity contribution in [2.75, 3.05) is 6.54 Å². The highest BCUT2D eigenvalue weighted by atomic mass is 35.5. The highest BCUT2D eigenvalue weighted by molar-refractivity contribution is 6.31. The summed E-state index contributed by atoms with van der Waals surface area (Å²) in [5, 5.41) is 1.41. The molecule has 0 saturated carbocycles. The summed E-state index contributed by atoms with van der Waals surface area (Å²) in [5.41, 5.74) is 4.57. The molecule has 92 valence electrons. The maximum atomic E-state index is 14.5. The molecular weight excluding hydrogens is 241 g/mol. The fraction of sp³-hybridized carbons (Fsp3) is 0.385. The first-order chi connectivity index (χ1) is 8.09. The van der Waals surface area contributed by atoms with E-state index in [1.807, 2.05) is 6.92 Å². The number of halogens is 2. The molecule has 0 aliphatic carbocycles. The second kappa shape index (κ2) is 4.67. The first kappa shape index (κ1) is 12.4. The summed E-state index contributed by atoms with van der Waals surface area (Å²) in [5.74, 6) is 0.291. The SMILES string of the molecule is CCCC(F)(CN)c1cc2cc(Cl)ccc2o1. The van der Waals surface area contributed by atoms with Crippen LogP contribution >= 0.6 is 11.6 Å². The van der Waals surface area contributed by atoms with Crippen LogP contribution in [-0.4, -0.2) is 6.54 Å². The highest BCUT2D eigenvalue weighted by Gasteiger charge is 2.33. The van der Waals surface area contributed by atoms with Crippen molar-refractivity contribution in [2.45, 2.75) is 25.4 Å². The summed E-state index contributed by atoms with van der Waals surface area (Å²) in [4.78, 5) is 0. The van der Waals surface area contributed by atoms with E-state index < -0.39 is 5.67 Å². The zero-order valence-electron chi connectivity index (χ0n) is 9.67. The van der Waals surface area contributed by atoms with Crippen LogP contribution in [0.15, 0.2) is 28.7 Å². The summed E-state index contributed by atoms with van der Waals surface area (Å²) >= 11 is 5.88. The van der Waals surface area contributed by atoms with Crippen LogP contribution in [0.25, 0.3) is 11.0 Å². The molecule has 1 atom stereocenters. The van der Waals surface area contributed by atoms with Crippen LogP contribution in [0.1, 0.15) is 25.5 Å². The lowest BCUT2D eigenvalue weighted by Crippen LogP contribution is -2.29. The van der Waals surface area contributed by atoms with Gasteiger partial charge in [-0.2, -0.15) is 0 Å². The van der Waals surface area contributed by atoms with Crippen LogP contribution < -0.4 is 5.73 Å². The summed E-state index contributed by atoms with van der Waals surface area (Å²) in [6, 6.07) is 6.90. The molecule has 4 heteroatoms. The van der Waals surface area contributed by atoms with Crippen molar-refractivity contribution in [2.24, 2.45) is 5.73 Å². The van der Waals surface area contributed by atoms with Crippen LogP contribution in [0.2, 0.25) is 5.02 Å². The second-order valence-electron chi connectivity index (χ2n) is 4.21. The van der Waals surface area contributed by atoms with Gasteiger partial charge < -0.3 is 10.2 Å². The van der Waals surface area contributed by atoms with Gasteiger partial charge in [0.1, 0.15) is 11.3 Å². The lowest BCUT2D eigenvalue weighted by Gasteiger charge is -2.19. The fourth-order valence-electron chi connectivity index (χ4n) is 1.96. The number of alkyl halides is 1. The van der Waals surface area contributed by atoms with Crippen LogP contribution in [0.3, 0.4) is 0 Å². The number of rotatable bonds is 4. The van der Waals surface area contributed by atoms with E-state index in [1.54, 1.807) is 24.3 Å². The molecule has 2 rings (SSSR count). The largest absolute Gasteiger partial charge is 0.458 e. The van der Waals surface area contributed by atoms with Gasteiger partial charge in [0.05, 0.1) is 0 Å². The van der Waals surface area contributed by atoms with Crippen LogP contribution in [-0.2, 0) is 5.67 Å². The quantitative estimate of drug-likeness (QED) is 0.897. The Bertz CT molecular complexity index is 525. The van der Waals surface area contributed by atoms with Crippen molar-refractivity contribution in [3.8, 4) is 0 Å². The zero-order valence-corrected chi connectivity index (χ0v) is 10.4. The van der Waals surface area contributed by atoms with E-state index in [0.29, 0.717) is 29.2 Å². The Labute approximate surface area is 105 Å². The molecule has 1 aromatic carbocycles. The van der Waals surface area contributed by atoms with Crippen molar-refractivity contribution in [1.29, 1.82) is 0 Å². The molecule has 0 amide bonds. The minimum Gasteiger partial charge on any atom is -0.458 e.